The predicted octanol–water partition coefficient (Wildman–Crippen LogP) is 1.27. The summed E-state index contributed by atoms with van der Waals surface area (Å²) >= 11 is 1.83. The molecule has 1 saturated carbocycles. The number of aliphatic hydroxyl groups is 1. The van der Waals surface area contributed by atoms with Gasteiger partial charge >= 0.3 is 0 Å². The Morgan fingerprint density at radius 2 is 2.57 bits per heavy atom. The summed E-state index contributed by atoms with van der Waals surface area (Å²) in [4.78, 5) is 0. The minimum Gasteiger partial charge on any atom is -0.390 e. The highest BCUT2D eigenvalue weighted by atomic mass is 32.2. The van der Waals surface area contributed by atoms with Gasteiger partial charge in [-0.15, -0.1) is 0 Å². The summed E-state index contributed by atoms with van der Waals surface area (Å²) in [6.45, 7) is 1.31. The molecule has 2 atom stereocenters. The first kappa shape index (κ1) is 5.45. The third kappa shape index (κ3) is 1.10. The van der Waals surface area contributed by atoms with Crippen molar-refractivity contribution in [3.63, 3.8) is 0 Å². The maximum Gasteiger partial charge on any atom is 0.0841 e. The van der Waals surface area contributed by atoms with E-state index in [1.807, 2.05) is 11.8 Å². The van der Waals surface area contributed by atoms with Crippen molar-refractivity contribution in [2.75, 3.05) is 6.26 Å². The summed E-state index contributed by atoms with van der Waals surface area (Å²) in [6.07, 6.45) is 3.26. The number of thioether (sulfide) groups is 1. The van der Waals surface area contributed by atoms with E-state index in [1.165, 1.54) is 13.0 Å². The van der Waals surface area contributed by atoms with E-state index in [-0.39, 0.29) is 0 Å². The maximum atomic E-state index is 8.37. The van der Waals surface area contributed by atoms with Crippen molar-refractivity contribution < 1.29 is 5.11 Å². The molecule has 0 saturated heterocycles. The molecule has 0 bridgehead atoms. The predicted molar refractivity (Wildman–Crippen MR) is 31.6 cm³/mol. The lowest BCUT2D eigenvalue weighted by Crippen LogP contribution is -1.79. The smallest absolute Gasteiger partial charge is 0.0841 e. The number of hydrogen-bond donors (Lipinski definition) is 1. The van der Waals surface area contributed by atoms with Gasteiger partial charge in [0.15, 0.2) is 0 Å². The van der Waals surface area contributed by atoms with Gasteiger partial charge in [-0.05, 0) is 12.7 Å². The average Bonchev–Trinajstić information content (AvgIpc) is 2.43. The number of rotatable bonds is 2. The largest absolute Gasteiger partial charge is 0.390 e. The van der Waals surface area contributed by atoms with Gasteiger partial charge in [-0.25, -0.2) is 0 Å². The van der Waals surface area contributed by atoms with Gasteiger partial charge < -0.3 is 5.11 Å². The van der Waals surface area contributed by atoms with Crippen LogP contribution >= 0.6 is 11.8 Å². The molecule has 7 heavy (non-hydrogen) atoms. The molecule has 1 N–H and O–H groups in total. The van der Waals surface area contributed by atoms with E-state index in [1.54, 1.807) is 0 Å². The van der Waals surface area contributed by atoms with Gasteiger partial charge in [0, 0.05) is 11.2 Å². The van der Waals surface area contributed by atoms with Gasteiger partial charge in [-0.3, -0.25) is 0 Å². The minimum atomic E-state index is 0.509. The van der Waals surface area contributed by atoms with Gasteiger partial charge in [-0.1, -0.05) is 0 Å². The van der Waals surface area contributed by atoms with E-state index < -0.39 is 0 Å². The summed E-state index contributed by atoms with van der Waals surface area (Å²) in [5.74, 6) is 0.509. The minimum absolute atomic E-state index is 0.509. The van der Waals surface area contributed by atoms with Crippen molar-refractivity contribution in [2.24, 2.45) is 5.92 Å². The molecule has 0 aromatic heterocycles. The fourth-order valence-electron chi connectivity index (χ4n) is 0.618. The van der Waals surface area contributed by atoms with E-state index in [2.05, 4.69) is 6.26 Å². The van der Waals surface area contributed by atoms with Crippen LogP contribution in [0.25, 0.3) is 0 Å². The van der Waals surface area contributed by atoms with Crippen LogP contribution in [0.4, 0.5) is 0 Å². The highest BCUT2D eigenvalue weighted by Gasteiger charge is 2.35. The van der Waals surface area contributed by atoms with Crippen molar-refractivity contribution in [1.82, 2.24) is 0 Å². The van der Waals surface area contributed by atoms with Crippen LogP contribution in [-0.4, -0.2) is 16.6 Å². The standard InChI is InChI=1S/C5H9OS/c1-7-5-2-4(5)3-6/h3-6H,2H2,1H3. The third-order valence-corrected chi connectivity index (χ3v) is 2.42. The Kier molecular flexibility index (Phi) is 1.60. The Morgan fingerprint density at radius 1 is 1.86 bits per heavy atom. The fraction of sp³-hybridized carbons (Fsp3) is 0.800. The molecule has 1 radical (unpaired) electrons. The second-order valence-corrected chi connectivity index (χ2v) is 2.90. The first-order valence-corrected chi connectivity index (χ1v) is 3.67. The summed E-state index contributed by atoms with van der Waals surface area (Å²) in [5.41, 5.74) is 0. The van der Waals surface area contributed by atoms with Gasteiger partial charge in [0.2, 0.25) is 0 Å². The molecule has 2 unspecified atom stereocenters. The highest BCUT2D eigenvalue weighted by molar-refractivity contribution is 7.99. The van der Waals surface area contributed by atoms with E-state index >= 15 is 0 Å². The molecule has 1 aliphatic carbocycles. The van der Waals surface area contributed by atoms with Crippen molar-refractivity contribution in [1.29, 1.82) is 0 Å². The van der Waals surface area contributed by atoms with Gasteiger partial charge in [0.05, 0.1) is 6.61 Å². The quantitative estimate of drug-likeness (QED) is 0.587. The zero-order valence-electron chi connectivity index (χ0n) is 4.29. The normalized spacial score (nSPS) is 38.6. The van der Waals surface area contributed by atoms with E-state index in [9.17, 15) is 0 Å². The summed E-state index contributed by atoms with van der Waals surface area (Å²) < 4.78 is 0. The zero-order chi connectivity index (χ0) is 5.28. The molecule has 1 nitrogen and oxygen atoms in total. The molecule has 0 amide bonds. The Labute approximate surface area is 48.1 Å². The van der Waals surface area contributed by atoms with Crippen LogP contribution in [0, 0.1) is 12.5 Å². The molecule has 41 valence electrons. The molecule has 0 aromatic rings. The third-order valence-electron chi connectivity index (χ3n) is 1.27. The SMILES string of the molecule is CSC1CC1[CH]O. The molecular formula is C5H9OS. The van der Waals surface area contributed by atoms with Gasteiger partial charge in [0.25, 0.3) is 0 Å². The average molecular weight is 117 g/mol. The van der Waals surface area contributed by atoms with Crippen molar-refractivity contribution in [3.8, 4) is 0 Å². The van der Waals surface area contributed by atoms with Crippen LogP contribution in [0.2, 0.25) is 0 Å². The maximum absolute atomic E-state index is 8.37. The summed E-state index contributed by atoms with van der Waals surface area (Å²) in [6, 6.07) is 0. The highest BCUT2D eigenvalue weighted by Crippen LogP contribution is 2.41. The second-order valence-electron chi connectivity index (χ2n) is 1.82. The Balaban J connectivity index is 2.06. The monoisotopic (exact) mass is 117 g/mol. The lowest BCUT2D eigenvalue weighted by atomic mass is 10.5. The van der Waals surface area contributed by atoms with Crippen LogP contribution < -0.4 is 0 Å². The Morgan fingerprint density at radius 3 is 2.71 bits per heavy atom. The lowest BCUT2D eigenvalue weighted by Gasteiger charge is -1.84. The van der Waals surface area contributed by atoms with Crippen LogP contribution in [0.5, 0.6) is 0 Å². The van der Waals surface area contributed by atoms with Crippen LogP contribution in [0.3, 0.4) is 0 Å². The summed E-state index contributed by atoms with van der Waals surface area (Å²) in [7, 11) is 0. The van der Waals surface area contributed by atoms with E-state index in [4.69, 9.17) is 5.11 Å². The molecule has 1 aliphatic rings. The van der Waals surface area contributed by atoms with Crippen molar-refractivity contribution >= 4 is 11.8 Å². The van der Waals surface area contributed by atoms with Crippen molar-refractivity contribution in [2.45, 2.75) is 11.7 Å². The molecule has 0 aliphatic heterocycles. The molecule has 0 aromatic carbocycles. The van der Waals surface area contributed by atoms with Gasteiger partial charge in [-0.2, -0.15) is 11.8 Å². The van der Waals surface area contributed by atoms with Crippen LogP contribution in [0.15, 0.2) is 0 Å². The van der Waals surface area contributed by atoms with Gasteiger partial charge in [0.1, 0.15) is 0 Å². The van der Waals surface area contributed by atoms with Crippen LogP contribution in [0.1, 0.15) is 6.42 Å². The summed E-state index contributed by atoms with van der Waals surface area (Å²) in [5, 5.41) is 9.10. The van der Waals surface area contributed by atoms with E-state index in [0.29, 0.717) is 5.92 Å². The molecule has 0 heterocycles. The molecule has 2 heteroatoms. The molecule has 0 spiro atoms. The molecule has 1 rings (SSSR count). The van der Waals surface area contributed by atoms with Crippen LogP contribution in [-0.2, 0) is 0 Å². The first-order valence-electron chi connectivity index (χ1n) is 2.39. The first-order chi connectivity index (χ1) is 3.38. The molecular weight excluding hydrogens is 108 g/mol. The second kappa shape index (κ2) is 2.05. The fourth-order valence-corrected chi connectivity index (χ4v) is 1.45. The topological polar surface area (TPSA) is 20.2 Å². The van der Waals surface area contributed by atoms with Crippen molar-refractivity contribution in [3.05, 3.63) is 6.61 Å². The Hall–Kier alpha value is 0.310. The van der Waals surface area contributed by atoms with E-state index in [0.717, 1.165) is 5.25 Å². The number of hydrogen-bond acceptors (Lipinski definition) is 2. The lowest BCUT2D eigenvalue weighted by molar-refractivity contribution is 0.366. The zero-order valence-corrected chi connectivity index (χ0v) is 5.11. The Bertz CT molecular complexity index is 57.1. The molecule has 1 fully saturated rings. The number of aliphatic hydroxyl groups excluding tert-OH is 1.